The molecule has 0 saturated heterocycles. The van der Waals surface area contributed by atoms with Gasteiger partial charge in [-0.3, -0.25) is 4.79 Å². The largest absolute Gasteiger partial charge is 0.291 e. The summed E-state index contributed by atoms with van der Waals surface area (Å²) in [6, 6.07) is 32.1. The predicted molar refractivity (Wildman–Crippen MR) is 137 cm³/mol. The second-order valence-corrected chi connectivity index (χ2v) is 8.25. The summed E-state index contributed by atoms with van der Waals surface area (Å²) in [6.07, 6.45) is 1.67. The van der Waals surface area contributed by atoms with Crippen molar-refractivity contribution in [1.29, 1.82) is 0 Å². The van der Waals surface area contributed by atoms with Gasteiger partial charge in [0.05, 0.1) is 17.6 Å². The fraction of sp³-hybridized carbons (Fsp3) is 0.0690. The molecule has 166 valence electrons. The normalized spacial score (nSPS) is 11.2. The number of nitrogens with one attached hydrogen (secondary N) is 1. The zero-order valence-electron chi connectivity index (χ0n) is 19.1. The molecule has 0 saturated carbocycles. The van der Waals surface area contributed by atoms with E-state index >= 15 is 0 Å². The lowest BCUT2D eigenvalue weighted by Crippen LogP contribution is -2.18. The van der Waals surface area contributed by atoms with Crippen LogP contribution in [0.1, 0.15) is 27.2 Å². The molecule has 0 spiro atoms. The van der Waals surface area contributed by atoms with E-state index in [1.807, 2.05) is 78.3 Å². The number of rotatable bonds is 5. The summed E-state index contributed by atoms with van der Waals surface area (Å²) in [5.74, 6) is -0.364. The van der Waals surface area contributed by atoms with E-state index in [1.165, 1.54) is 5.56 Å². The summed E-state index contributed by atoms with van der Waals surface area (Å²) in [5, 5.41) is 11.1. The zero-order chi connectivity index (χ0) is 23.5. The highest BCUT2D eigenvalue weighted by molar-refractivity contribution is 6.00. The van der Waals surface area contributed by atoms with E-state index in [4.69, 9.17) is 0 Å². The van der Waals surface area contributed by atoms with E-state index in [2.05, 4.69) is 46.8 Å². The molecular formula is C29H24N4O. The number of amides is 1. The van der Waals surface area contributed by atoms with Crippen LogP contribution in [0.2, 0.25) is 0 Å². The fourth-order valence-electron chi connectivity index (χ4n) is 3.99. The minimum absolute atomic E-state index is 0.300. The lowest BCUT2D eigenvalue weighted by molar-refractivity contribution is 0.0949. The van der Waals surface area contributed by atoms with Gasteiger partial charge < -0.3 is 0 Å². The molecule has 0 bridgehead atoms. The first-order valence-corrected chi connectivity index (χ1v) is 11.1. The Labute approximate surface area is 198 Å². The van der Waals surface area contributed by atoms with Crippen LogP contribution in [-0.2, 0) is 0 Å². The van der Waals surface area contributed by atoms with Gasteiger partial charge in [0.2, 0.25) is 0 Å². The molecule has 1 N–H and O–H groups in total. The molecule has 1 amide bonds. The maximum Gasteiger partial charge on any atom is 0.291 e. The molecule has 0 aliphatic carbocycles. The van der Waals surface area contributed by atoms with Crippen molar-refractivity contribution in [2.75, 3.05) is 0 Å². The molecule has 0 atom stereocenters. The van der Waals surface area contributed by atoms with Crippen LogP contribution in [0, 0.1) is 13.8 Å². The van der Waals surface area contributed by atoms with Crippen molar-refractivity contribution in [1.82, 2.24) is 15.2 Å². The van der Waals surface area contributed by atoms with Crippen molar-refractivity contribution in [2.24, 2.45) is 5.10 Å². The summed E-state index contributed by atoms with van der Waals surface area (Å²) in [6.45, 7) is 4.08. The molecule has 34 heavy (non-hydrogen) atoms. The zero-order valence-corrected chi connectivity index (χ0v) is 19.1. The minimum atomic E-state index is -0.364. The van der Waals surface area contributed by atoms with Crippen LogP contribution in [0.5, 0.6) is 0 Å². The van der Waals surface area contributed by atoms with Crippen LogP contribution in [0.15, 0.2) is 102 Å². The Hall–Kier alpha value is -4.51. The van der Waals surface area contributed by atoms with Crippen molar-refractivity contribution < 1.29 is 4.79 Å². The van der Waals surface area contributed by atoms with Gasteiger partial charge in [-0.1, -0.05) is 90.5 Å². The van der Waals surface area contributed by atoms with Gasteiger partial charge in [-0.05, 0) is 42.3 Å². The van der Waals surface area contributed by atoms with Gasteiger partial charge in [-0.25, -0.2) is 10.1 Å². The van der Waals surface area contributed by atoms with E-state index in [1.54, 1.807) is 12.3 Å². The molecule has 5 heteroatoms. The summed E-state index contributed by atoms with van der Waals surface area (Å²) < 4.78 is 1.82. The van der Waals surface area contributed by atoms with Crippen LogP contribution < -0.4 is 5.43 Å². The molecule has 1 heterocycles. The van der Waals surface area contributed by atoms with Gasteiger partial charge in [0.15, 0.2) is 5.69 Å². The van der Waals surface area contributed by atoms with E-state index in [0.29, 0.717) is 5.69 Å². The molecule has 0 unspecified atom stereocenters. The molecule has 1 aromatic heterocycles. The molecular weight excluding hydrogens is 420 g/mol. The highest BCUT2D eigenvalue weighted by Crippen LogP contribution is 2.26. The lowest BCUT2D eigenvalue weighted by Gasteiger charge is -2.10. The number of aromatic nitrogens is 2. The quantitative estimate of drug-likeness (QED) is 0.264. The number of hydrogen-bond donors (Lipinski definition) is 1. The number of carbonyl (C=O) groups is 1. The van der Waals surface area contributed by atoms with E-state index in [9.17, 15) is 4.79 Å². The third-order valence-electron chi connectivity index (χ3n) is 5.83. The first-order valence-electron chi connectivity index (χ1n) is 11.1. The number of benzene rings is 4. The summed E-state index contributed by atoms with van der Waals surface area (Å²) in [4.78, 5) is 13.0. The highest BCUT2D eigenvalue weighted by Gasteiger charge is 2.17. The Morgan fingerprint density at radius 2 is 1.62 bits per heavy atom. The minimum Gasteiger partial charge on any atom is -0.265 e. The Morgan fingerprint density at radius 1 is 0.882 bits per heavy atom. The van der Waals surface area contributed by atoms with Crippen LogP contribution in [0.25, 0.3) is 27.7 Å². The second-order valence-electron chi connectivity index (χ2n) is 8.25. The van der Waals surface area contributed by atoms with Gasteiger partial charge in [0.1, 0.15) is 0 Å². The number of aryl methyl sites for hydroxylation is 2. The first-order chi connectivity index (χ1) is 16.6. The van der Waals surface area contributed by atoms with Crippen LogP contribution >= 0.6 is 0 Å². The molecule has 0 aliphatic heterocycles. The average molecular weight is 445 g/mol. The van der Waals surface area contributed by atoms with E-state index < -0.39 is 0 Å². The topological polar surface area (TPSA) is 59.3 Å². The van der Waals surface area contributed by atoms with Crippen molar-refractivity contribution in [2.45, 2.75) is 13.8 Å². The second kappa shape index (κ2) is 9.16. The fourth-order valence-corrected chi connectivity index (χ4v) is 3.99. The third-order valence-corrected chi connectivity index (χ3v) is 5.83. The molecule has 5 aromatic rings. The number of para-hydroxylation sites is 1. The van der Waals surface area contributed by atoms with Gasteiger partial charge in [0, 0.05) is 11.1 Å². The molecule has 4 aromatic carbocycles. The van der Waals surface area contributed by atoms with Crippen LogP contribution in [0.4, 0.5) is 0 Å². The number of nitrogens with zero attached hydrogens (tertiary/aromatic N) is 3. The Balaban J connectivity index is 1.47. The van der Waals surface area contributed by atoms with Crippen molar-refractivity contribution in [3.63, 3.8) is 0 Å². The van der Waals surface area contributed by atoms with E-state index in [-0.39, 0.29) is 5.91 Å². The first kappa shape index (κ1) is 21.3. The van der Waals surface area contributed by atoms with Gasteiger partial charge in [-0.15, -0.1) is 0 Å². The number of fused-ring (bicyclic) bond motifs is 1. The SMILES string of the molecule is Cc1ccc(-c2cc(C(=O)N/N=C\c3cccc4ccccc34)nn2-c2ccccc2C)cc1. The number of hydrazone groups is 1. The highest BCUT2D eigenvalue weighted by atomic mass is 16.2. The maximum absolute atomic E-state index is 13.0. The van der Waals surface area contributed by atoms with Crippen LogP contribution in [-0.4, -0.2) is 21.9 Å². The third kappa shape index (κ3) is 4.24. The molecule has 5 rings (SSSR count). The van der Waals surface area contributed by atoms with E-state index in [0.717, 1.165) is 38.8 Å². The summed E-state index contributed by atoms with van der Waals surface area (Å²) in [7, 11) is 0. The van der Waals surface area contributed by atoms with Crippen molar-refractivity contribution >= 4 is 22.9 Å². The average Bonchev–Trinajstić information content (AvgIpc) is 3.30. The Morgan fingerprint density at radius 3 is 2.44 bits per heavy atom. The summed E-state index contributed by atoms with van der Waals surface area (Å²) in [5.41, 5.74) is 8.87. The van der Waals surface area contributed by atoms with Crippen molar-refractivity contribution in [3.05, 3.63) is 119 Å². The standard InChI is InChI=1S/C29H24N4O/c1-20-14-16-23(17-15-20)28-18-26(32-33(28)27-13-6-3-8-21(27)2)29(34)31-30-19-24-11-7-10-22-9-4-5-12-25(22)24/h3-19H,1-2H3,(H,31,34)/b30-19-. The molecule has 0 radical (unpaired) electrons. The Kier molecular flexibility index (Phi) is 5.75. The Bertz CT molecular complexity index is 1510. The van der Waals surface area contributed by atoms with Gasteiger partial charge in [0.25, 0.3) is 5.91 Å². The van der Waals surface area contributed by atoms with Crippen LogP contribution in [0.3, 0.4) is 0 Å². The predicted octanol–water partition coefficient (Wildman–Crippen LogP) is 6.07. The van der Waals surface area contributed by atoms with Crippen molar-refractivity contribution in [3.8, 4) is 16.9 Å². The smallest absolute Gasteiger partial charge is 0.265 e. The summed E-state index contributed by atoms with van der Waals surface area (Å²) >= 11 is 0. The molecule has 5 nitrogen and oxygen atoms in total. The lowest BCUT2D eigenvalue weighted by atomic mass is 10.1. The number of carbonyl (C=O) groups excluding carboxylic acids is 1. The maximum atomic E-state index is 13.0. The van der Waals surface area contributed by atoms with Gasteiger partial charge in [-0.2, -0.15) is 10.2 Å². The number of hydrogen-bond acceptors (Lipinski definition) is 3. The monoisotopic (exact) mass is 444 g/mol. The molecule has 0 aliphatic rings. The molecule has 0 fully saturated rings. The van der Waals surface area contributed by atoms with Gasteiger partial charge >= 0.3 is 0 Å².